The van der Waals surface area contributed by atoms with Gasteiger partial charge in [-0.2, -0.15) is 13.2 Å². The van der Waals surface area contributed by atoms with E-state index in [1.165, 1.54) is 12.1 Å². The molecule has 25 heavy (non-hydrogen) atoms. The minimum Gasteiger partial charge on any atom is -0.481 e. The van der Waals surface area contributed by atoms with E-state index in [-0.39, 0.29) is 25.5 Å². The number of morpholine rings is 1. The Morgan fingerprint density at radius 1 is 1.32 bits per heavy atom. The van der Waals surface area contributed by atoms with E-state index < -0.39 is 29.7 Å². The first kappa shape index (κ1) is 19.2. The predicted molar refractivity (Wildman–Crippen MR) is 82.9 cm³/mol. The van der Waals surface area contributed by atoms with Crippen LogP contribution in [0, 0.1) is 5.92 Å². The number of hydrogen-bond acceptors (Lipinski definition) is 3. The molecule has 1 aliphatic heterocycles. The zero-order chi connectivity index (χ0) is 18.6. The molecule has 8 heteroatoms. The average molecular weight is 359 g/mol. The van der Waals surface area contributed by atoms with Gasteiger partial charge in [0.1, 0.15) is 0 Å². The van der Waals surface area contributed by atoms with Crippen LogP contribution in [0.2, 0.25) is 0 Å². The molecule has 0 spiro atoms. The normalized spacial score (nSPS) is 19.5. The van der Waals surface area contributed by atoms with Gasteiger partial charge in [-0.25, -0.2) is 0 Å². The van der Waals surface area contributed by atoms with Crippen molar-refractivity contribution in [2.45, 2.75) is 32.0 Å². The minimum atomic E-state index is -4.38. The summed E-state index contributed by atoms with van der Waals surface area (Å²) in [5, 5.41) is 8.81. The van der Waals surface area contributed by atoms with Gasteiger partial charge in [-0.3, -0.25) is 9.59 Å². The van der Waals surface area contributed by atoms with Gasteiger partial charge in [0.25, 0.3) is 0 Å². The third-order valence-corrected chi connectivity index (χ3v) is 4.10. The second-order valence-corrected chi connectivity index (χ2v) is 6.17. The van der Waals surface area contributed by atoms with Gasteiger partial charge in [-0.15, -0.1) is 0 Å². The molecule has 1 heterocycles. The molecule has 5 nitrogen and oxygen atoms in total. The molecule has 1 aromatic rings. The quantitative estimate of drug-likeness (QED) is 0.878. The fourth-order valence-electron chi connectivity index (χ4n) is 2.82. The van der Waals surface area contributed by atoms with Gasteiger partial charge in [0.2, 0.25) is 5.91 Å². The third-order valence-electron chi connectivity index (χ3n) is 4.10. The summed E-state index contributed by atoms with van der Waals surface area (Å²) in [5.74, 6) is -1.56. The molecule has 0 aromatic heterocycles. The predicted octanol–water partition coefficient (Wildman–Crippen LogP) is 2.59. The maximum absolute atomic E-state index is 12.6. The Kier molecular flexibility index (Phi) is 6.05. The van der Waals surface area contributed by atoms with Crippen LogP contribution in [0.15, 0.2) is 24.3 Å². The summed E-state index contributed by atoms with van der Waals surface area (Å²) in [6.45, 7) is 2.58. The Morgan fingerprint density at radius 2 is 1.96 bits per heavy atom. The lowest BCUT2D eigenvalue weighted by atomic mass is 9.98. The van der Waals surface area contributed by atoms with Gasteiger partial charge in [0, 0.05) is 19.0 Å². The first-order valence-corrected chi connectivity index (χ1v) is 7.95. The molecule has 1 N–H and O–H groups in total. The first-order chi connectivity index (χ1) is 11.7. The molecule has 0 radical (unpaired) electrons. The third kappa shape index (κ3) is 5.45. The lowest BCUT2D eigenvalue weighted by molar-refractivity contribution is -0.149. The minimum absolute atomic E-state index is 0.154. The molecule has 1 saturated heterocycles. The van der Waals surface area contributed by atoms with E-state index in [0.717, 1.165) is 12.1 Å². The number of carboxylic acids is 1. The molecular weight excluding hydrogens is 339 g/mol. The van der Waals surface area contributed by atoms with E-state index in [1.807, 2.05) is 0 Å². The number of amides is 1. The van der Waals surface area contributed by atoms with Crippen LogP contribution in [-0.4, -0.2) is 47.7 Å². The summed E-state index contributed by atoms with van der Waals surface area (Å²) in [4.78, 5) is 24.8. The zero-order valence-electron chi connectivity index (χ0n) is 13.8. The first-order valence-electron chi connectivity index (χ1n) is 7.95. The molecule has 0 bridgehead atoms. The highest BCUT2D eigenvalue weighted by molar-refractivity contribution is 5.79. The summed E-state index contributed by atoms with van der Waals surface area (Å²) in [7, 11) is 0. The number of carboxylic acid groups (broad SMARTS) is 1. The van der Waals surface area contributed by atoms with Crippen molar-refractivity contribution in [3.63, 3.8) is 0 Å². The number of aliphatic carboxylic acids is 1. The van der Waals surface area contributed by atoms with E-state index in [2.05, 4.69) is 0 Å². The number of halogens is 3. The molecule has 138 valence electrons. The number of alkyl halides is 3. The standard InChI is InChI=1S/C17H20F3NO4/c1-11(8-12-2-4-13(5-3-12)17(18,19)20)16(24)21-6-7-25-14(10-21)9-15(22)23/h2-5,11,14H,6-10H2,1H3,(H,22,23)/t11-,14-/m1/s1. The summed E-state index contributed by atoms with van der Waals surface area (Å²) in [5.41, 5.74) is -0.0795. The lowest BCUT2D eigenvalue weighted by Gasteiger charge is -2.34. The highest BCUT2D eigenvalue weighted by atomic mass is 19.4. The lowest BCUT2D eigenvalue weighted by Crippen LogP contribution is -2.48. The van der Waals surface area contributed by atoms with Crippen molar-refractivity contribution in [2.75, 3.05) is 19.7 Å². The van der Waals surface area contributed by atoms with Crippen LogP contribution >= 0.6 is 0 Å². The van der Waals surface area contributed by atoms with Crippen molar-refractivity contribution in [1.29, 1.82) is 0 Å². The van der Waals surface area contributed by atoms with E-state index in [9.17, 15) is 22.8 Å². The van der Waals surface area contributed by atoms with Crippen LogP contribution in [-0.2, 0) is 26.9 Å². The zero-order valence-corrected chi connectivity index (χ0v) is 13.8. The average Bonchev–Trinajstić information content (AvgIpc) is 2.53. The SMILES string of the molecule is C[C@H](Cc1ccc(C(F)(F)F)cc1)C(=O)N1CCO[C@H](CC(=O)O)C1. The molecular formula is C17H20F3NO4. The van der Waals surface area contributed by atoms with E-state index in [1.54, 1.807) is 11.8 Å². The highest BCUT2D eigenvalue weighted by Crippen LogP contribution is 2.29. The van der Waals surface area contributed by atoms with Crippen molar-refractivity contribution in [3.8, 4) is 0 Å². The van der Waals surface area contributed by atoms with Gasteiger partial charge in [0.15, 0.2) is 0 Å². The smallest absolute Gasteiger partial charge is 0.416 e. The molecule has 0 unspecified atom stereocenters. The number of nitrogens with zero attached hydrogens (tertiary/aromatic N) is 1. The molecule has 1 aliphatic rings. The van der Waals surface area contributed by atoms with Gasteiger partial charge in [-0.1, -0.05) is 19.1 Å². The summed E-state index contributed by atoms with van der Waals surface area (Å²) in [6, 6.07) is 4.76. The van der Waals surface area contributed by atoms with E-state index >= 15 is 0 Å². The number of ether oxygens (including phenoxy) is 1. The van der Waals surface area contributed by atoms with Crippen molar-refractivity contribution in [3.05, 3.63) is 35.4 Å². The summed E-state index contributed by atoms with van der Waals surface area (Å²) < 4.78 is 43.0. The molecule has 0 saturated carbocycles. The second-order valence-electron chi connectivity index (χ2n) is 6.17. The van der Waals surface area contributed by atoms with Crippen molar-refractivity contribution in [1.82, 2.24) is 4.90 Å². The van der Waals surface area contributed by atoms with E-state index in [0.29, 0.717) is 18.5 Å². The number of hydrogen-bond donors (Lipinski definition) is 1. The fraction of sp³-hybridized carbons (Fsp3) is 0.529. The highest BCUT2D eigenvalue weighted by Gasteiger charge is 2.31. The Morgan fingerprint density at radius 3 is 2.52 bits per heavy atom. The van der Waals surface area contributed by atoms with Crippen molar-refractivity contribution < 1.29 is 32.6 Å². The second kappa shape index (κ2) is 7.86. The van der Waals surface area contributed by atoms with Crippen molar-refractivity contribution in [2.24, 2.45) is 5.92 Å². The maximum atomic E-state index is 12.6. The van der Waals surface area contributed by atoms with Crippen LogP contribution in [0.1, 0.15) is 24.5 Å². The molecule has 0 aliphatic carbocycles. The van der Waals surface area contributed by atoms with Crippen molar-refractivity contribution >= 4 is 11.9 Å². The van der Waals surface area contributed by atoms with Gasteiger partial charge >= 0.3 is 12.1 Å². The molecule has 1 aromatic carbocycles. The Labute approximate surface area is 143 Å². The van der Waals surface area contributed by atoms with Crippen LogP contribution in [0.3, 0.4) is 0 Å². The summed E-state index contributed by atoms with van der Waals surface area (Å²) >= 11 is 0. The largest absolute Gasteiger partial charge is 0.481 e. The molecule has 1 fully saturated rings. The monoisotopic (exact) mass is 359 g/mol. The van der Waals surface area contributed by atoms with Gasteiger partial charge < -0.3 is 14.7 Å². The Balaban J connectivity index is 1.94. The topological polar surface area (TPSA) is 66.8 Å². The Bertz CT molecular complexity index is 615. The Hall–Kier alpha value is -2.09. The van der Waals surface area contributed by atoms with Crippen LogP contribution in [0.4, 0.5) is 13.2 Å². The van der Waals surface area contributed by atoms with E-state index in [4.69, 9.17) is 9.84 Å². The number of benzene rings is 1. The fourth-order valence-corrected chi connectivity index (χ4v) is 2.82. The summed E-state index contributed by atoms with van der Waals surface area (Å²) in [6.07, 6.45) is -4.77. The number of carbonyl (C=O) groups excluding carboxylic acids is 1. The number of rotatable bonds is 5. The van der Waals surface area contributed by atoms with Crippen LogP contribution < -0.4 is 0 Å². The van der Waals surface area contributed by atoms with Gasteiger partial charge in [0.05, 0.1) is 24.7 Å². The van der Waals surface area contributed by atoms with Crippen LogP contribution in [0.5, 0.6) is 0 Å². The molecule has 2 atom stereocenters. The van der Waals surface area contributed by atoms with Crippen LogP contribution in [0.25, 0.3) is 0 Å². The maximum Gasteiger partial charge on any atom is 0.416 e. The van der Waals surface area contributed by atoms with Gasteiger partial charge in [-0.05, 0) is 24.1 Å². The molecule has 2 rings (SSSR count). The molecule has 1 amide bonds. The number of carbonyl (C=O) groups is 2.